The maximum atomic E-state index is 11.2. The third kappa shape index (κ3) is 3.52. The monoisotopic (exact) mass is 244 g/mol. The quantitative estimate of drug-likeness (QED) is 0.412. The van der Waals surface area contributed by atoms with Crippen molar-refractivity contribution in [1.82, 2.24) is 10.2 Å². The van der Waals surface area contributed by atoms with Crippen LogP contribution in [0.5, 0.6) is 0 Å². The van der Waals surface area contributed by atoms with Gasteiger partial charge in [0.15, 0.2) is 0 Å². The van der Waals surface area contributed by atoms with E-state index in [9.17, 15) is 14.4 Å². The predicted molar refractivity (Wildman–Crippen MR) is 62.1 cm³/mol. The molecule has 0 bridgehead atoms. The highest BCUT2D eigenvalue weighted by Crippen LogP contribution is 2.07. The summed E-state index contributed by atoms with van der Waals surface area (Å²) in [5.74, 6) is -0.400. The van der Waals surface area contributed by atoms with Gasteiger partial charge in [-0.2, -0.15) is 11.8 Å². The molecule has 4 amide bonds. The molecule has 0 atom stereocenters. The van der Waals surface area contributed by atoms with E-state index in [0.29, 0.717) is 6.54 Å². The fraction of sp³-hybridized carbons (Fsp3) is 0.700. The number of nitrogens with zero attached hydrogens (tertiary/aromatic N) is 1. The minimum Gasteiger partial charge on any atom is -0.269 e. The summed E-state index contributed by atoms with van der Waals surface area (Å²) >= 11 is 1.81. The summed E-state index contributed by atoms with van der Waals surface area (Å²) in [6, 6.07) is -0.584. The Labute approximate surface area is 98.9 Å². The zero-order valence-corrected chi connectivity index (χ0v) is 10.1. The molecule has 1 fully saturated rings. The van der Waals surface area contributed by atoms with E-state index in [1.165, 1.54) is 0 Å². The van der Waals surface area contributed by atoms with Gasteiger partial charge in [0.25, 0.3) is 0 Å². The summed E-state index contributed by atoms with van der Waals surface area (Å²) in [6.07, 6.45) is 6.06. The molecule has 1 rings (SSSR count). The van der Waals surface area contributed by atoms with Crippen molar-refractivity contribution in [2.24, 2.45) is 0 Å². The molecular formula is C10H16N2O3S. The number of amides is 4. The molecule has 6 heteroatoms. The van der Waals surface area contributed by atoms with Crippen LogP contribution in [0.2, 0.25) is 0 Å². The molecule has 1 saturated heterocycles. The van der Waals surface area contributed by atoms with E-state index in [2.05, 4.69) is 6.26 Å². The van der Waals surface area contributed by atoms with Gasteiger partial charge in [0.05, 0.1) is 0 Å². The first-order valence-electron chi connectivity index (χ1n) is 5.32. The van der Waals surface area contributed by atoms with Crippen LogP contribution < -0.4 is 5.32 Å². The Morgan fingerprint density at radius 3 is 2.38 bits per heavy atom. The minimum atomic E-state index is -0.813. The maximum Gasteiger partial charge on any atom is 0.331 e. The van der Waals surface area contributed by atoms with Gasteiger partial charge in [-0.1, -0.05) is 12.8 Å². The number of imide groups is 2. The van der Waals surface area contributed by atoms with Gasteiger partial charge in [-0.05, 0) is 24.9 Å². The normalized spacial score (nSPS) is 15.8. The Morgan fingerprint density at radius 2 is 1.81 bits per heavy atom. The Bertz CT molecular complexity index is 294. The summed E-state index contributed by atoms with van der Waals surface area (Å²) in [5, 5.41) is 1.97. The van der Waals surface area contributed by atoms with Crippen molar-refractivity contribution in [3.05, 3.63) is 0 Å². The van der Waals surface area contributed by atoms with Crippen molar-refractivity contribution in [1.29, 1.82) is 0 Å². The number of urea groups is 1. The van der Waals surface area contributed by atoms with Crippen molar-refractivity contribution >= 4 is 29.6 Å². The summed E-state index contributed by atoms with van der Waals surface area (Å²) < 4.78 is 0. The van der Waals surface area contributed by atoms with Crippen LogP contribution in [0.1, 0.15) is 25.7 Å². The lowest BCUT2D eigenvalue weighted by atomic mass is 10.2. The van der Waals surface area contributed by atoms with Gasteiger partial charge in [-0.15, -0.1) is 0 Å². The molecule has 1 aliphatic rings. The van der Waals surface area contributed by atoms with E-state index in [-0.39, 0.29) is 0 Å². The lowest BCUT2D eigenvalue weighted by Gasteiger charge is -2.10. The minimum absolute atomic E-state index is 0.343. The lowest BCUT2D eigenvalue weighted by Crippen LogP contribution is -2.31. The van der Waals surface area contributed by atoms with Gasteiger partial charge in [0, 0.05) is 6.54 Å². The average Bonchev–Trinajstić information content (AvgIpc) is 2.49. The van der Waals surface area contributed by atoms with Crippen molar-refractivity contribution in [3.63, 3.8) is 0 Å². The molecule has 0 spiro atoms. The van der Waals surface area contributed by atoms with Gasteiger partial charge in [0.2, 0.25) is 0 Å². The highest BCUT2D eigenvalue weighted by Gasteiger charge is 2.35. The van der Waals surface area contributed by atoms with Crippen molar-refractivity contribution < 1.29 is 14.4 Å². The average molecular weight is 244 g/mol. The zero-order chi connectivity index (χ0) is 12.0. The SMILES string of the molecule is CSCCCCCCN1C(=O)NC(=O)C1=O. The number of nitrogens with one attached hydrogen (secondary N) is 1. The number of thioether (sulfide) groups is 1. The second-order valence-corrected chi connectivity index (χ2v) is 4.61. The molecule has 90 valence electrons. The van der Waals surface area contributed by atoms with Crippen LogP contribution >= 0.6 is 11.8 Å². The number of carbonyl (C=O) groups is 3. The first kappa shape index (κ1) is 13.0. The van der Waals surface area contributed by atoms with Crippen LogP contribution in [0.3, 0.4) is 0 Å². The van der Waals surface area contributed by atoms with Crippen LogP contribution in [0.15, 0.2) is 0 Å². The van der Waals surface area contributed by atoms with Crippen LogP contribution in [0, 0.1) is 0 Å². The molecule has 1 heterocycles. The summed E-state index contributed by atoms with van der Waals surface area (Å²) in [7, 11) is 0. The van der Waals surface area contributed by atoms with Crippen molar-refractivity contribution in [2.45, 2.75) is 25.7 Å². The Balaban J connectivity index is 2.15. The van der Waals surface area contributed by atoms with E-state index in [4.69, 9.17) is 0 Å². The molecule has 16 heavy (non-hydrogen) atoms. The first-order valence-corrected chi connectivity index (χ1v) is 6.72. The van der Waals surface area contributed by atoms with E-state index >= 15 is 0 Å². The third-order valence-corrected chi connectivity index (χ3v) is 3.08. The van der Waals surface area contributed by atoms with Crippen molar-refractivity contribution in [2.75, 3.05) is 18.6 Å². The summed E-state index contributed by atoms with van der Waals surface area (Å²) in [5.41, 5.74) is 0. The second kappa shape index (κ2) is 6.52. The Hall–Kier alpha value is -1.04. The van der Waals surface area contributed by atoms with Crippen molar-refractivity contribution in [3.8, 4) is 0 Å². The fourth-order valence-corrected chi connectivity index (χ4v) is 2.00. The van der Waals surface area contributed by atoms with Gasteiger partial charge in [-0.3, -0.25) is 19.8 Å². The lowest BCUT2D eigenvalue weighted by molar-refractivity contribution is -0.140. The van der Waals surface area contributed by atoms with Crippen LogP contribution in [0.25, 0.3) is 0 Å². The fourth-order valence-electron chi connectivity index (χ4n) is 1.51. The standard InChI is InChI=1S/C10H16N2O3S/c1-16-7-5-3-2-4-6-12-9(14)8(13)11-10(12)15/h2-7H2,1H3,(H,11,13,15). The molecule has 0 unspecified atom stereocenters. The second-order valence-electron chi connectivity index (χ2n) is 3.62. The smallest absolute Gasteiger partial charge is 0.269 e. The predicted octanol–water partition coefficient (Wildman–Crippen LogP) is 0.988. The number of carbonyl (C=O) groups excluding carboxylic acids is 3. The van der Waals surface area contributed by atoms with E-state index in [0.717, 1.165) is 36.3 Å². The molecule has 1 aliphatic heterocycles. The van der Waals surface area contributed by atoms with Crippen LogP contribution in [0.4, 0.5) is 4.79 Å². The largest absolute Gasteiger partial charge is 0.331 e. The Morgan fingerprint density at radius 1 is 1.12 bits per heavy atom. The van der Waals surface area contributed by atoms with Crippen LogP contribution in [-0.4, -0.2) is 41.3 Å². The van der Waals surface area contributed by atoms with Gasteiger partial charge < -0.3 is 0 Å². The summed E-state index contributed by atoms with van der Waals surface area (Å²) in [6.45, 7) is 0.343. The zero-order valence-electron chi connectivity index (χ0n) is 9.32. The molecule has 0 aromatic carbocycles. The molecule has 0 aliphatic carbocycles. The highest BCUT2D eigenvalue weighted by atomic mass is 32.2. The maximum absolute atomic E-state index is 11.2. The van der Waals surface area contributed by atoms with E-state index < -0.39 is 17.8 Å². The number of hydrogen-bond acceptors (Lipinski definition) is 4. The van der Waals surface area contributed by atoms with Gasteiger partial charge in [0.1, 0.15) is 0 Å². The van der Waals surface area contributed by atoms with Gasteiger partial charge >= 0.3 is 17.8 Å². The summed E-state index contributed by atoms with van der Waals surface area (Å²) in [4.78, 5) is 34.1. The molecule has 0 aromatic rings. The van der Waals surface area contributed by atoms with Gasteiger partial charge in [-0.25, -0.2) is 4.79 Å². The molecule has 0 saturated carbocycles. The van der Waals surface area contributed by atoms with Crippen LogP contribution in [-0.2, 0) is 9.59 Å². The number of rotatable bonds is 7. The first-order chi connectivity index (χ1) is 7.66. The molecule has 0 aromatic heterocycles. The molecular weight excluding hydrogens is 228 g/mol. The molecule has 5 nitrogen and oxygen atoms in total. The Kier molecular flexibility index (Phi) is 5.31. The van der Waals surface area contributed by atoms with E-state index in [1.807, 2.05) is 17.1 Å². The number of unbranched alkanes of at least 4 members (excludes halogenated alkanes) is 3. The molecule has 1 N–H and O–H groups in total. The third-order valence-electron chi connectivity index (χ3n) is 2.39. The molecule has 0 radical (unpaired) electrons. The number of hydrogen-bond donors (Lipinski definition) is 1. The topological polar surface area (TPSA) is 66.5 Å². The van der Waals surface area contributed by atoms with E-state index in [1.54, 1.807) is 0 Å². The highest BCUT2D eigenvalue weighted by molar-refractivity contribution is 7.98.